The second kappa shape index (κ2) is 8.12. The number of ether oxygens (including phenoxy) is 1. The number of likely N-dealkylation sites (N-methyl/N-ethyl adjacent to an activating group) is 1. The predicted molar refractivity (Wildman–Crippen MR) is 81.0 cm³/mol. The number of rotatable bonds is 6. The minimum Gasteiger partial charge on any atom is -0.391 e. The lowest BCUT2D eigenvalue weighted by atomic mass is 10.1. The molecule has 2 rings (SSSR count). The van der Waals surface area contributed by atoms with E-state index in [9.17, 15) is 9.90 Å². The quantitative estimate of drug-likeness (QED) is 0.798. The monoisotopic (exact) mass is 292 g/mol. The number of hydrogen-bond donors (Lipinski definition) is 2. The average Bonchev–Trinajstić information content (AvgIpc) is 2.53. The molecule has 0 bridgehead atoms. The van der Waals surface area contributed by atoms with Crippen LogP contribution in [0.15, 0.2) is 30.3 Å². The molecule has 5 heteroatoms. The highest BCUT2D eigenvalue weighted by Gasteiger charge is 2.25. The van der Waals surface area contributed by atoms with E-state index in [1.807, 2.05) is 30.3 Å². The maximum atomic E-state index is 12.0. The first-order valence-electron chi connectivity index (χ1n) is 7.52. The molecule has 1 saturated heterocycles. The number of carbonyl (C=O) groups is 1. The van der Waals surface area contributed by atoms with E-state index in [2.05, 4.69) is 17.1 Å². The van der Waals surface area contributed by atoms with Crippen molar-refractivity contribution >= 4 is 5.91 Å². The van der Waals surface area contributed by atoms with Crippen molar-refractivity contribution in [2.24, 2.45) is 0 Å². The molecule has 1 aromatic carbocycles. The molecule has 21 heavy (non-hydrogen) atoms. The molecule has 0 aliphatic carbocycles. The molecule has 1 amide bonds. The van der Waals surface area contributed by atoms with E-state index in [1.54, 1.807) is 0 Å². The molecule has 1 aliphatic heterocycles. The number of morpholine rings is 1. The Balaban J connectivity index is 1.73. The van der Waals surface area contributed by atoms with Crippen LogP contribution in [-0.4, -0.2) is 60.9 Å². The SMILES string of the molecule is CCN1CCO[C@@H](C(=O)NC[C@@H](O)Cc2ccccc2)C1. The molecule has 1 heterocycles. The van der Waals surface area contributed by atoms with Crippen molar-refractivity contribution in [3.63, 3.8) is 0 Å². The molecule has 0 spiro atoms. The third-order valence-corrected chi connectivity index (χ3v) is 3.72. The van der Waals surface area contributed by atoms with Gasteiger partial charge in [0.25, 0.3) is 5.91 Å². The first kappa shape index (κ1) is 15.9. The summed E-state index contributed by atoms with van der Waals surface area (Å²) in [5.41, 5.74) is 1.06. The van der Waals surface area contributed by atoms with Gasteiger partial charge >= 0.3 is 0 Å². The Morgan fingerprint density at radius 1 is 1.48 bits per heavy atom. The van der Waals surface area contributed by atoms with Crippen LogP contribution in [0.3, 0.4) is 0 Å². The standard InChI is InChI=1S/C16H24N2O3/c1-2-18-8-9-21-15(12-18)16(20)17-11-14(19)10-13-6-4-3-5-7-13/h3-7,14-15,19H,2,8-12H2,1H3,(H,17,20)/t14-,15+/m0/s1. The summed E-state index contributed by atoms with van der Waals surface area (Å²) in [6.07, 6.45) is -0.474. The van der Waals surface area contributed by atoms with Crippen LogP contribution in [-0.2, 0) is 16.0 Å². The zero-order chi connectivity index (χ0) is 15.1. The third kappa shape index (κ3) is 5.12. The summed E-state index contributed by atoms with van der Waals surface area (Å²) in [6, 6.07) is 9.76. The largest absolute Gasteiger partial charge is 0.391 e. The number of amides is 1. The van der Waals surface area contributed by atoms with Crippen molar-refractivity contribution in [2.75, 3.05) is 32.8 Å². The van der Waals surface area contributed by atoms with Gasteiger partial charge in [0.15, 0.2) is 0 Å². The normalized spacial score (nSPS) is 21.0. The number of hydrogen-bond acceptors (Lipinski definition) is 4. The van der Waals surface area contributed by atoms with Crippen LogP contribution in [0, 0.1) is 0 Å². The molecule has 0 saturated carbocycles. The Bertz CT molecular complexity index is 438. The molecule has 0 unspecified atom stereocenters. The Morgan fingerprint density at radius 3 is 2.95 bits per heavy atom. The molecule has 1 aromatic rings. The smallest absolute Gasteiger partial charge is 0.250 e. The lowest BCUT2D eigenvalue weighted by Crippen LogP contribution is -2.50. The van der Waals surface area contributed by atoms with Gasteiger partial charge < -0.3 is 15.2 Å². The van der Waals surface area contributed by atoms with E-state index < -0.39 is 12.2 Å². The lowest BCUT2D eigenvalue weighted by molar-refractivity contribution is -0.138. The molecule has 0 aromatic heterocycles. The molecule has 2 atom stereocenters. The molecule has 116 valence electrons. The van der Waals surface area contributed by atoms with Gasteiger partial charge in [0.2, 0.25) is 0 Å². The maximum absolute atomic E-state index is 12.0. The fourth-order valence-corrected chi connectivity index (χ4v) is 2.44. The molecule has 5 nitrogen and oxygen atoms in total. The van der Waals surface area contributed by atoms with Crippen LogP contribution in [0.2, 0.25) is 0 Å². The lowest BCUT2D eigenvalue weighted by Gasteiger charge is -2.31. The number of aliphatic hydroxyl groups is 1. The van der Waals surface area contributed by atoms with Gasteiger partial charge in [0, 0.05) is 26.1 Å². The van der Waals surface area contributed by atoms with E-state index >= 15 is 0 Å². The Labute approximate surface area is 125 Å². The minimum atomic E-state index is -0.581. The van der Waals surface area contributed by atoms with E-state index in [0.29, 0.717) is 19.6 Å². The number of benzene rings is 1. The van der Waals surface area contributed by atoms with E-state index in [4.69, 9.17) is 4.74 Å². The van der Waals surface area contributed by atoms with Crippen LogP contribution in [0.4, 0.5) is 0 Å². The van der Waals surface area contributed by atoms with Gasteiger partial charge in [-0.15, -0.1) is 0 Å². The van der Waals surface area contributed by atoms with Gasteiger partial charge in [-0.1, -0.05) is 37.3 Å². The Kier molecular flexibility index (Phi) is 6.17. The summed E-state index contributed by atoms with van der Waals surface area (Å²) >= 11 is 0. The van der Waals surface area contributed by atoms with Crippen LogP contribution in [0.5, 0.6) is 0 Å². The second-order valence-electron chi connectivity index (χ2n) is 5.34. The van der Waals surface area contributed by atoms with E-state index in [1.165, 1.54) is 0 Å². The van der Waals surface area contributed by atoms with Crippen LogP contribution in [0.25, 0.3) is 0 Å². The van der Waals surface area contributed by atoms with Gasteiger partial charge in [-0.2, -0.15) is 0 Å². The summed E-state index contributed by atoms with van der Waals surface area (Å²) in [4.78, 5) is 14.2. The highest BCUT2D eigenvalue weighted by molar-refractivity contribution is 5.81. The first-order chi connectivity index (χ1) is 10.2. The number of nitrogens with one attached hydrogen (secondary N) is 1. The zero-order valence-electron chi connectivity index (χ0n) is 12.5. The Morgan fingerprint density at radius 2 is 2.24 bits per heavy atom. The minimum absolute atomic E-state index is 0.139. The average molecular weight is 292 g/mol. The van der Waals surface area contributed by atoms with Gasteiger partial charge in [-0.25, -0.2) is 0 Å². The van der Waals surface area contributed by atoms with Gasteiger partial charge in [0.05, 0.1) is 12.7 Å². The second-order valence-corrected chi connectivity index (χ2v) is 5.34. The number of nitrogens with zero attached hydrogens (tertiary/aromatic N) is 1. The molecule has 0 radical (unpaired) electrons. The molecular weight excluding hydrogens is 268 g/mol. The molecular formula is C16H24N2O3. The van der Waals surface area contributed by atoms with Crippen molar-refractivity contribution in [3.8, 4) is 0 Å². The fraction of sp³-hybridized carbons (Fsp3) is 0.562. The van der Waals surface area contributed by atoms with Gasteiger partial charge in [-0.3, -0.25) is 9.69 Å². The fourth-order valence-electron chi connectivity index (χ4n) is 2.44. The summed E-state index contributed by atoms with van der Waals surface area (Å²) in [5, 5.41) is 12.8. The highest BCUT2D eigenvalue weighted by Crippen LogP contribution is 2.06. The Hall–Kier alpha value is -1.43. The molecule has 1 fully saturated rings. The van der Waals surface area contributed by atoms with E-state index in [0.717, 1.165) is 18.7 Å². The van der Waals surface area contributed by atoms with Crippen molar-refractivity contribution in [3.05, 3.63) is 35.9 Å². The zero-order valence-corrected chi connectivity index (χ0v) is 12.5. The number of carbonyl (C=O) groups excluding carboxylic acids is 1. The van der Waals surface area contributed by atoms with Crippen molar-refractivity contribution in [2.45, 2.75) is 25.6 Å². The van der Waals surface area contributed by atoms with Crippen LogP contribution >= 0.6 is 0 Å². The van der Waals surface area contributed by atoms with Crippen molar-refractivity contribution in [1.82, 2.24) is 10.2 Å². The molecule has 1 aliphatic rings. The summed E-state index contributed by atoms with van der Waals surface area (Å²) in [6.45, 7) is 5.32. The maximum Gasteiger partial charge on any atom is 0.250 e. The first-order valence-corrected chi connectivity index (χ1v) is 7.52. The third-order valence-electron chi connectivity index (χ3n) is 3.72. The van der Waals surface area contributed by atoms with E-state index in [-0.39, 0.29) is 12.5 Å². The van der Waals surface area contributed by atoms with Crippen molar-refractivity contribution in [1.29, 1.82) is 0 Å². The predicted octanol–water partition coefficient (Wildman–Crippen LogP) is 0.427. The van der Waals surface area contributed by atoms with Crippen molar-refractivity contribution < 1.29 is 14.6 Å². The summed E-state index contributed by atoms with van der Waals surface area (Å²) in [5.74, 6) is -0.139. The van der Waals surface area contributed by atoms with Crippen LogP contribution < -0.4 is 5.32 Å². The number of aliphatic hydroxyl groups excluding tert-OH is 1. The summed E-state index contributed by atoms with van der Waals surface area (Å²) < 4.78 is 5.49. The van der Waals surface area contributed by atoms with Gasteiger partial charge in [-0.05, 0) is 12.1 Å². The topological polar surface area (TPSA) is 61.8 Å². The van der Waals surface area contributed by atoms with Crippen LogP contribution in [0.1, 0.15) is 12.5 Å². The highest BCUT2D eigenvalue weighted by atomic mass is 16.5. The molecule has 2 N–H and O–H groups in total. The van der Waals surface area contributed by atoms with Gasteiger partial charge in [0.1, 0.15) is 6.10 Å². The summed E-state index contributed by atoms with van der Waals surface area (Å²) in [7, 11) is 0.